The SMILES string of the molecule is O=C(CCN1CCCCC1)NCC[C@@H]1CC[C@H](NC(=O)C2CCOCC2)[C@H](CO)O1. The van der Waals surface area contributed by atoms with Gasteiger partial charge in [0.2, 0.25) is 11.8 Å². The Balaban J connectivity index is 1.31. The van der Waals surface area contributed by atoms with E-state index in [0.717, 1.165) is 51.7 Å². The highest BCUT2D eigenvalue weighted by atomic mass is 16.5. The van der Waals surface area contributed by atoms with Crippen LogP contribution in [0, 0.1) is 5.92 Å². The zero-order chi connectivity index (χ0) is 21.2. The Morgan fingerprint density at radius 1 is 1.03 bits per heavy atom. The summed E-state index contributed by atoms with van der Waals surface area (Å²) in [6.07, 6.45) is 7.78. The molecule has 2 amide bonds. The first-order chi connectivity index (χ1) is 14.7. The number of nitrogens with one attached hydrogen (secondary N) is 2. The molecule has 172 valence electrons. The number of hydrogen-bond acceptors (Lipinski definition) is 6. The molecule has 3 saturated heterocycles. The number of aliphatic hydroxyl groups excluding tert-OH is 1. The van der Waals surface area contributed by atoms with E-state index in [1.54, 1.807) is 0 Å². The molecule has 0 bridgehead atoms. The summed E-state index contributed by atoms with van der Waals surface area (Å²) in [6.45, 7) is 4.80. The number of nitrogens with zero attached hydrogens (tertiary/aromatic N) is 1. The average Bonchev–Trinajstić information content (AvgIpc) is 2.79. The van der Waals surface area contributed by atoms with E-state index in [1.165, 1.54) is 19.3 Å². The molecule has 0 aromatic carbocycles. The number of ether oxygens (including phenoxy) is 2. The van der Waals surface area contributed by atoms with Crippen LogP contribution in [0.1, 0.15) is 57.8 Å². The molecule has 8 nitrogen and oxygen atoms in total. The molecule has 0 aliphatic carbocycles. The van der Waals surface area contributed by atoms with Crippen LogP contribution in [-0.4, -0.2) is 86.1 Å². The molecule has 30 heavy (non-hydrogen) atoms. The number of carbonyl (C=O) groups is 2. The van der Waals surface area contributed by atoms with Gasteiger partial charge >= 0.3 is 0 Å². The van der Waals surface area contributed by atoms with Crippen LogP contribution in [0.3, 0.4) is 0 Å². The van der Waals surface area contributed by atoms with Crippen LogP contribution in [0.25, 0.3) is 0 Å². The molecule has 0 aromatic heterocycles. The van der Waals surface area contributed by atoms with Crippen LogP contribution in [0.15, 0.2) is 0 Å². The second kappa shape index (κ2) is 12.6. The Kier molecular flexibility index (Phi) is 9.84. The molecule has 0 spiro atoms. The standard InChI is InChI=1S/C22H39N3O5/c26-16-20-19(24-22(28)17-8-14-29-15-9-17)5-4-18(30-20)6-10-23-21(27)7-13-25-11-2-1-3-12-25/h17-20,26H,1-16H2,(H,23,27)(H,24,28)/t18-,19-,20-/m0/s1. The molecule has 0 aromatic rings. The highest BCUT2D eigenvalue weighted by molar-refractivity contribution is 5.79. The Morgan fingerprint density at radius 2 is 1.80 bits per heavy atom. The summed E-state index contributed by atoms with van der Waals surface area (Å²) in [7, 11) is 0. The van der Waals surface area contributed by atoms with E-state index >= 15 is 0 Å². The van der Waals surface area contributed by atoms with Crippen LogP contribution in [0.2, 0.25) is 0 Å². The lowest BCUT2D eigenvalue weighted by molar-refractivity contribution is -0.135. The highest BCUT2D eigenvalue weighted by Gasteiger charge is 2.33. The van der Waals surface area contributed by atoms with Gasteiger partial charge in [0.05, 0.1) is 18.8 Å². The third-order valence-corrected chi connectivity index (χ3v) is 6.61. The third kappa shape index (κ3) is 7.48. The fraction of sp³-hybridized carbons (Fsp3) is 0.909. The van der Waals surface area contributed by atoms with Gasteiger partial charge in [0.15, 0.2) is 0 Å². The summed E-state index contributed by atoms with van der Waals surface area (Å²) in [6, 6.07) is -0.152. The zero-order valence-corrected chi connectivity index (χ0v) is 18.2. The lowest BCUT2D eigenvalue weighted by atomic mass is 9.94. The molecule has 3 aliphatic rings. The number of rotatable bonds is 9. The Morgan fingerprint density at radius 3 is 2.53 bits per heavy atom. The maximum absolute atomic E-state index is 12.5. The predicted octanol–water partition coefficient (Wildman–Crippen LogP) is 0.820. The van der Waals surface area contributed by atoms with E-state index in [4.69, 9.17) is 9.47 Å². The lowest BCUT2D eigenvalue weighted by Crippen LogP contribution is -2.52. The van der Waals surface area contributed by atoms with Crippen molar-refractivity contribution in [2.75, 3.05) is 46.0 Å². The second-order valence-corrected chi connectivity index (χ2v) is 8.85. The van der Waals surface area contributed by atoms with Crippen molar-refractivity contribution in [3.63, 3.8) is 0 Å². The van der Waals surface area contributed by atoms with Crippen molar-refractivity contribution < 1.29 is 24.2 Å². The van der Waals surface area contributed by atoms with Crippen molar-refractivity contribution in [3.8, 4) is 0 Å². The van der Waals surface area contributed by atoms with Gasteiger partial charge in [-0.15, -0.1) is 0 Å². The number of likely N-dealkylation sites (tertiary alicyclic amines) is 1. The van der Waals surface area contributed by atoms with Gasteiger partial charge in [-0.25, -0.2) is 0 Å². The number of aliphatic hydroxyl groups is 1. The van der Waals surface area contributed by atoms with Gasteiger partial charge in [-0.2, -0.15) is 0 Å². The molecule has 3 aliphatic heterocycles. The van der Waals surface area contributed by atoms with Crippen LogP contribution in [-0.2, 0) is 19.1 Å². The second-order valence-electron chi connectivity index (χ2n) is 8.85. The first kappa shape index (κ1) is 23.4. The monoisotopic (exact) mass is 425 g/mol. The topological polar surface area (TPSA) is 100 Å². The van der Waals surface area contributed by atoms with Crippen molar-refractivity contribution >= 4 is 11.8 Å². The van der Waals surface area contributed by atoms with Crippen molar-refractivity contribution in [2.24, 2.45) is 5.92 Å². The van der Waals surface area contributed by atoms with Crippen LogP contribution >= 0.6 is 0 Å². The van der Waals surface area contributed by atoms with Gasteiger partial charge in [0.25, 0.3) is 0 Å². The maximum Gasteiger partial charge on any atom is 0.223 e. The number of carbonyl (C=O) groups excluding carboxylic acids is 2. The van der Waals surface area contributed by atoms with Crippen LogP contribution in [0.5, 0.6) is 0 Å². The van der Waals surface area contributed by atoms with Crippen molar-refractivity contribution in [1.29, 1.82) is 0 Å². The largest absolute Gasteiger partial charge is 0.394 e. The highest BCUT2D eigenvalue weighted by Crippen LogP contribution is 2.23. The summed E-state index contributed by atoms with van der Waals surface area (Å²) in [5.41, 5.74) is 0. The average molecular weight is 426 g/mol. The molecule has 0 saturated carbocycles. The van der Waals surface area contributed by atoms with Gasteiger partial charge in [0.1, 0.15) is 6.10 Å². The summed E-state index contributed by atoms with van der Waals surface area (Å²) >= 11 is 0. The molecular formula is C22H39N3O5. The van der Waals surface area contributed by atoms with E-state index in [1.807, 2.05) is 0 Å². The first-order valence-electron chi connectivity index (χ1n) is 11.8. The Hall–Kier alpha value is -1.22. The molecule has 3 N–H and O–H groups in total. The molecule has 8 heteroatoms. The minimum atomic E-state index is -0.387. The minimum Gasteiger partial charge on any atom is -0.394 e. The van der Waals surface area contributed by atoms with Crippen molar-refractivity contribution in [2.45, 2.75) is 76.0 Å². The molecule has 3 heterocycles. The summed E-state index contributed by atoms with van der Waals surface area (Å²) in [5, 5.41) is 15.8. The summed E-state index contributed by atoms with van der Waals surface area (Å²) < 4.78 is 11.3. The van der Waals surface area contributed by atoms with Crippen molar-refractivity contribution in [3.05, 3.63) is 0 Å². The fourth-order valence-electron chi connectivity index (χ4n) is 4.67. The molecule has 3 rings (SSSR count). The number of amides is 2. The lowest BCUT2D eigenvalue weighted by Gasteiger charge is -2.37. The van der Waals surface area contributed by atoms with Gasteiger partial charge in [-0.3, -0.25) is 9.59 Å². The molecule has 3 fully saturated rings. The van der Waals surface area contributed by atoms with E-state index in [0.29, 0.717) is 26.2 Å². The van der Waals surface area contributed by atoms with Gasteiger partial charge < -0.3 is 30.1 Å². The third-order valence-electron chi connectivity index (χ3n) is 6.61. The number of piperidine rings is 1. The fourth-order valence-corrected chi connectivity index (χ4v) is 4.67. The summed E-state index contributed by atoms with van der Waals surface area (Å²) in [5.74, 6) is 0.137. The van der Waals surface area contributed by atoms with E-state index in [9.17, 15) is 14.7 Å². The zero-order valence-electron chi connectivity index (χ0n) is 18.2. The van der Waals surface area contributed by atoms with E-state index in [-0.39, 0.29) is 42.6 Å². The predicted molar refractivity (Wildman–Crippen MR) is 113 cm³/mol. The maximum atomic E-state index is 12.5. The number of hydrogen-bond donors (Lipinski definition) is 3. The summed E-state index contributed by atoms with van der Waals surface area (Å²) in [4.78, 5) is 26.9. The van der Waals surface area contributed by atoms with E-state index < -0.39 is 0 Å². The molecule has 0 radical (unpaired) electrons. The van der Waals surface area contributed by atoms with Gasteiger partial charge in [-0.1, -0.05) is 6.42 Å². The smallest absolute Gasteiger partial charge is 0.223 e. The molecular weight excluding hydrogens is 386 g/mol. The Bertz CT molecular complexity index is 535. The normalized spacial score (nSPS) is 28.8. The van der Waals surface area contributed by atoms with Gasteiger partial charge in [-0.05, 0) is 58.0 Å². The molecule has 0 unspecified atom stereocenters. The van der Waals surface area contributed by atoms with Crippen molar-refractivity contribution in [1.82, 2.24) is 15.5 Å². The first-order valence-corrected chi connectivity index (χ1v) is 11.8. The van der Waals surface area contributed by atoms with Gasteiger partial charge in [0, 0.05) is 38.6 Å². The minimum absolute atomic E-state index is 0.000720. The van der Waals surface area contributed by atoms with Crippen LogP contribution < -0.4 is 10.6 Å². The van der Waals surface area contributed by atoms with E-state index in [2.05, 4.69) is 15.5 Å². The molecule has 3 atom stereocenters. The quantitative estimate of drug-likeness (QED) is 0.506. The van der Waals surface area contributed by atoms with Crippen LogP contribution in [0.4, 0.5) is 0 Å². The Labute approximate surface area is 180 Å².